The number of rotatable bonds is 4. The Morgan fingerprint density at radius 3 is 2.62 bits per heavy atom. The van der Waals surface area contributed by atoms with E-state index in [4.69, 9.17) is 0 Å². The zero-order chi connectivity index (χ0) is 19.1. The topological polar surface area (TPSA) is 134 Å². The second kappa shape index (κ2) is 6.45. The number of hydrogen-bond donors (Lipinski definition) is 3. The monoisotopic (exact) mass is 378 g/mol. The van der Waals surface area contributed by atoms with Crippen LogP contribution in [0.4, 0.5) is 5.69 Å². The van der Waals surface area contributed by atoms with Crippen molar-refractivity contribution in [3.05, 3.63) is 50.7 Å². The Kier molecular flexibility index (Phi) is 4.45. The number of aromatic hydroxyl groups is 1. The fraction of sp³-hybridized carbons (Fsp3) is 0.312. The molecule has 0 amide bonds. The van der Waals surface area contributed by atoms with Gasteiger partial charge in [-0.25, -0.2) is 4.79 Å². The van der Waals surface area contributed by atoms with E-state index in [-0.39, 0.29) is 28.9 Å². The van der Waals surface area contributed by atoms with E-state index in [1.807, 2.05) is 13.8 Å². The Hall–Kier alpha value is -2.88. The highest BCUT2D eigenvalue weighted by atomic mass is 32.2. The van der Waals surface area contributed by atoms with Crippen LogP contribution in [-0.4, -0.2) is 28.9 Å². The van der Waals surface area contributed by atoms with Crippen LogP contribution in [0.2, 0.25) is 0 Å². The number of fused-ring (bicyclic) bond motifs is 1. The summed E-state index contributed by atoms with van der Waals surface area (Å²) in [5, 5.41) is 12.8. The van der Waals surface area contributed by atoms with Gasteiger partial charge < -0.3 is 10.4 Å². The largest absolute Gasteiger partial charge is 0.494 e. The Bertz CT molecular complexity index is 1110. The van der Waals surface area contributed by atoms with Gasteiger partial charge in [0.1, 0.15) is 10.5 Å². The van der Waals surface area contributed by atoms with Crippen molar-refractivity contribution in [3.8, 4) is 5.88 Å². The minimum Gasteiger partial charge on any atom is -0.494 e. The van der Waals surface area contributed by atoms with E-state index in [0.717, 1.165) is 4.57 Å². The van der Waals surface area contributed by atoms with Gasteiger partial charge in [-0.3, -0.25) is 14.3 Å². The van der Waals surface area contributed by atoms with Gasteiger partial charge in [0.25, 0.3) is 15.6 Å². The summed E-state index contributed by atoms with van der Waals surface area (Å²) in [6, 6.07) is 6.07. The summed E-state index contributed by atoms with van der Waals surface area (Å²) in [5.41, 5.74) is -1.74. The maximum Gasteiger partial charge on any atom is 0.331 e. The molecule has 1 aliphatic heterocycles. The molecule has 0 aliphatic carbocycles. The quantitative estimate of drug-likeness (QED) is 0.722. The Morgan fingerprint density at radius 1 is 1.23 bits per heavy atom. The molecule has 1 aliphatic rings. The third-order valence-corrected chi connectivity index (χ3v) is 5.30. The molecule has 2 aromatic rings. The molecule has 0 spiro atoms. The van der Waals surface area contributed by atoms with Crippen molar-refractivity contribution in [3.63, 3.8) is 0 Å². The number of para-hydroxylation sites is 1. The third kappa shape index (κ3) is 3.15. The van der Waals surface area contributed by atoms with Crippen molar-refractivity contribution in [1.82, 2.24) is 9.55 Å². The minimum atomic E-state index is -4.05. The second-order valence-corrected chi connectivity index (χ2v) is 7.90. The molecule has 0 unspecified atom stereocenters. The van der Waals surface area contributed by atoms with E-state index >= 15 is 0 Å². The third-order valence-electron chi connectivity index (χ3n) is 3.96. The van der Waals surface area contributed by atoms with Gasteiger partial charge in [-0.05, 0) is 24.5 Å². The summed E-state index contributed by atoms with van der Waals surface area (Å²) in [7, 11) is -4.05. The van der Waals surface area contributed by atoms with Crippen LogP contribution in [0.1, 0.15) is 25.8 Å². The van der Waals surface area contributed by atoms with Gasteiger partial charge in [0.2, 0.25) is 5.88 Å². The van der Waals surface area contributed by atoms with E-state index in [1.165, 1.54) is 12.1 Å². The maximum atomic E-state index is 12.7. The van der Waals surface area contributed by atoms with E-state index in [2.05, 4.69) is 14.7 Å². The maximum absolute atomic E-state index is 12.7. The molecule has 0 fully saturated rings. The van der Waals surface area contributed by atoms with Gasteiger partial charge in [-0.1, -0.05) is 26.0 Å². The van der Waals surface area contributed by atoms with Crippen LogP contribution in [-0.2, 0) is 16.6 Å². The van der Waals surface area contributed by atoms with E-state index < -0.39 is 32.7 Å². The van der Waals surface area contributed by atoms with E-state index in [9.17, 15) is 23.1 Å². The lowest BCUT2D eigenvalue weighted by atomic mass is 10.1. The molecule has 2 heterocycles. The number of aromatic nitrogens is 2. The molecule has 0 radical (unpaired) electrons. The summed E-state index contributed by atoms with van der Waals surface area (Å²) in [6.45, 7) is 4.02. The molecule has 0 bridgehead atoms. The first-order valence-electron chi connectivity index (χ1n) is 7.98. The summed E-state index contributed by atoms with van der Waals surface area (Å²) in [5.74, 6) is -0.821. The van der Waals surface area contributed by atoms with Crippen LogP contribution in [0.15, 0.2) is 43.1 Å². The lowest BCUT2D eigenvalue weighted by molar-refractivity contribution is 0.432. The van der Waals surface area contributed by atoms with Gasteiger partial charge in [0, 0.05) is 6.54 Å². The first kappa shape index (κ1) is 17.9. The summed E-state index contributed by atoms with van der Waals surface area (Å²) >= 11 is 0. The molecule has 1 aromatic carbocycles. The SMILES string of the molecule is CC(C)CCn1c(=O)[nH]c(O)c(C2=NS(=O)(=O)c3ccccc3N2)c1=O. The minimum absolute atomic E-state index is 0.0344. The fourth-order valence-electron chi connectivity index (χ4n) is 2.59. The van der Waals surface area contributed by atoms with Crippen molar-refractivity contribution in [2.24, 2.45) is 10.3 Å². The summed E-state index contributed by atoms with van der Waals surface area (Å²) in [4.78, 5) is 26.8. The number of sulfonamides is 1. The van der Waals surface area contributed by atoms with Gasteiger partial charge in [0.15, 0.2) is 5.84 Å². The van der Waals surface area contributed by atoms with Gasteiger partial charge in [-0.15, -0.1) is 4.40 Å². The number of hydrogen-bond acceptors (Lipinski definition) is 6. The van der Waals surface area contributed by atoms with Crippen LogP contribution in [0.5, 0.6) is 5.88 Å². The second-order valence-electron chi connectivity index (χ2n) is 6.33. The van der Waals surface area contributed by atoms with Crippen LogP contribution in [0.25, 0.3) is 0 Å². The molecule has 10 heteroatoms. The highest BCUT2D eigenvalue weighted by Gasteiger charge is 2.29. The first-order valence-corrected chi connectivity index (χ1v) is 9.42. The lowest BCUT2D eigenvalue weighted by Gasteiger charge is -2.18. The summed E-state index contributed by atoms with van der Waals surface area (Å²) < 4.78 is 29.2. The molecular weight excluding hydrogens is 360 g/mol. The van der Waals surface area contributed by atoms with Gasteiger partial charge >= 0.3 is 5.69 Å². The van der Waals surface area contributed by atoms with Crippen molar-refractivity contribution >= 4 is 21.5 Å². The number of aromatic amines is 1. The number of nitrogens with one attached hydrogen (secondary N) is 2. The highest BCUT2D eigenvalue weighted by molar-refractivity contribution is 7.90. The van der Waals surface area contributed by atoms with Crippen LogP contribution >= 0.6 is 0 Å². The van der Waals surface area contributed by atoms with Crippen molar-refractivity contribution in [2.75, 3.05) is 5.32 Å². The molecule has 0 saturated heterocycles. The molecule has 0 atom stereocenters. The standard InChI is InChI=1S/C16H18N4O5S/c1-9(2)7-8-20-15(22)12(14(21)18-16(20)23)13-17-10-5-3-4-6-11(10)26(24,25)19-13/h3-6,9,21H,7-8H2,1-2H3,(H,17,19)(H,18,23). The van der Waals surface area contributed by atoms with Crippen LogP contribution < -0.4 is 16.6 Å². The van der Waals surface area contributed by atoms with E-state index in [1.54, 1.807) is 12.1 Å². The Balaban J connectivity index is 2.16. The first-order chi connectivity index (χ1) is 12.2. The smallest absolute Gasteiger partial charge is 0.331 e. The predicted molar refractivity (Wildman–Crippen MR) is 96.2 cm³/mol. The molecule has 0 saturated carbocycles. The van der Waals surface area contributed by atoms with Crippen molar-refractivity contribution in [2.45, 2.75) is 31.7 Å². The molecule has 1 aromatic heterocycles. The number of anilines is 1. The predicted octanol–water partition coefficient (Wildman–Crippen LogP) is 0.849. The highest BCUT2D eigenvalue weighted by Crippen LogP contribution is 2.28. The zero-order valence-corrected chi connectivity index (χ0v) is 15.0. The Labute approximate surface area is 149 Å². The summed E-state index contributed by atoms with van der Waals surface area (Å²) in [6.07, 6.45) is 0.564. The van der Waals surface area contributed by atoms with Gasteiger partial charge in [-0.2, -0.15) is 8.42 Å². The van der Waals surface area contributed by atoms with E-state index in [0.29, 0.717) is 6.42 Å². The molecule has 3 N–H and O–H groups in total. The fourth-order valence-corrected chi connectivity index (χ4v) is 3.71. The van der Waals surface area contributed by atoms with Crippen LogP contribution in [0.3, 0.4) is 0 Å². The number of amidine groups is 1. The average molecular weight is 378 g/mol. The Morgan fingerprint density at radius 2 is 1.92 bits per heavy atom. The zero-order valence-electron chi connectivity index (χ0n) is 14.2. The van der Waals surface area contributed by atoms with Gasteiger partial charge in [0.05, 0.1) is 5.69 Å². The number of H-pyrrole nitrogens is 1. The number of nitrogens with zero attached hydrogens (tertiary/aromatic N) is 2. The van der Waals surface area contributed by atoms with Crippen molar-refractivity contribution in [1.29, 1.82) is 0 Å². The molecule has 26 heavy (non-hydrogen) atoms. The van der Waals surface area contributed by atoms with Crippen LogP contribution in [0, 0.1) is 5.92 Å². The molecule has 9 nitrogen and oxygen atoms in total. The average Bonchev–Trinajstić information content (AvgIpc) is 2.53. The normalized spacial score (nSPS) is 15.3. The molecule has 138 valence electrons. The molecule has 3 rings (SSSR count). The lowest BCUT2D eigenvalue weighted by Crippen LogP contribution is -2.40. The molecular formula is C16H18N4O5S. The van der Waals surface area contributed by atoms with Crippen molar-refractivity contribution < 1.29 is 13.5 Å². The number of benzene rings is 1.